The summed E-state index contributed by atoms with van der Waals surface area (Å²) in [7, 11) is 6.41. The average molecular weight is 857 g/mol. The highest BCUT2D eigenvalue weighted by molar-refractivity contribution is 7.22. The molecule has 8 aromatic rings. The Kier molecular flexibility index (Phi) is 11.3. The number of thiazole rings is 2. The van der Waals surface area contributed by atoms with E-state index in [1.807, 2.05) is 36.4 Å². The molecule has 6 aromatic heterocycles. The van der Waals surface area contributed by atoms with Gasteiger partial charge in [0.2, 0.25) is 0 Å². The lowest BCUT2D eigenvalue weighted by molar-refractivity contribution is 0.181. The summed E-state index contributed by atoms with van der Waals surface area (Å²) in [5.74, 6) is 0.322. The molecule has 0 bridgehead atoms. The van der Waals surface area contributed by atoms with Gasteiger partial charge in [0, 0.05) is 79.5 Å². The van der Waals surface area contributed by atoms with E-state index in [0.29, 0.717) is 58.0 Å². The zero-order chi connectivity index (χ0) is 42.2. The van der Waals surface area contributed by atoms with Crippen LogP contribution >= 0.6 is 22.7 Å². The summed E-state index contributed by atoms with van der Waals surface area (Å²) >= 11 is 3.24. The Morgan fingerprint density at radius 3 is 1.66 bits per heavy atom. The predicted molar refractivity (Wildman–Crippen MR) is 242 cm³/mol. The molecule has 2 fully saturated rings. The third-order valence-electron chi connectivity index (χ3n) is 12.0. The van der Waals surface area contributed by atoms with Crippen LogP contribution in [0.1, 0.15) is 39.5 Å². The maximum absolute atomic E-state index is 10.6. The molecule has 0 aliphatic carbocycles. The number of benzene rings is 2. The first-order valence-electron chi connectivity index (χ1n) is 20.4. The van der Waals surface area contributed by atoms with Crippen LogP contribution in [0.2, 0.25) is 0 Å². The second-order valence-electron chi connectivity index (χ2n) is 16.0. The SMILES string of the molecule is C[C@H]1C[C@@H](N(C)c2nc3nnc(-c4ccc(-c5cn[nH]c5)cc4O)cc3s2)CCN1.C[C@H]1C[C@@H](N(C)c2nc3nnc(-c4ccc(-c5cn[nH]c5)cc4O)cc3s2)CCN1C. The fourth-order valence-corrected chi connectivity index (χ4v) is 10.0. The fourth-order valence-electron chi connectivity index (χ4n) is 8.09. The highest BCUT2D eigenvalue weighted by Gasteiger charge is 2.28. The van der Waals surface area contributed by atoms with E-state index in [0.717, 1.165) is 80.7 Å². The van der Waals surface area contributed by atoms with E-state index in [9.17, 15) is 10.2 Å². The van der Waals surface area contributed by atoms with Crippen molar-refractivity contribution in [2.75, 3.05) is 44.0 Å². The van der Waals surface area contributed by atoms with Crippen molar-refractivity contribution in [3.05, 3.63) is 73.3 Å². The Hall–Kier alpha value is -6.08. The number of anilines is 2. The van der Waals surface area contributed by atoms with E-state index in [-0.39, 0.29) is 11.5 Å². The summed E-state index contributed by atoms with van der Waals surface area (Å²) in [5.41, 5.74) is 7.45. The third-order valence-corrected chi connectivity index (χ3v) is 14.1. The lowest BCUT2D eigenvalue weighted by atomic mass is 9.98. The number of hydrogen-bond donors (Lipinski definition) is 5. The smallest absolute Gasteiger partial charge is 0.194 e. The number of nitrogens with zero attached hydrogens (tertiary/aromatic N) is 11. The third kappa shape index (κ3) is 8.48. The molecule has 61 heavy (non-hydrogen) atoms. The quantitative estimate of drug-likeness (QED) is 0.103. The predicted octanol–water partition coefficient (Wildman–Crippen LogP) is 7.19. The molecule has 0 amide bonds. The molecule has 2 aliphatic rings. The van der Waals surface area contributed by atoms with Crippen molar-refractivity contribution in [2.45, 2.75) is 63.7 Å². The number of phenolic OH excluding ortho intramolecular Hbond substituents is 2. The number of phenols is 2. The maximum atomic E-state index is 10.6. The van der Waals surface area contributed by atoms with Gasteiger partial charge in [0.05, 0.1) is 33.2 Å². The Labute approximate surface area is 360 Å². The lowest BCUT2D eigenvalue weighted by Crippen LogP contribution is -2.46. The van der Waals surface area contributed by atoms with Crippen LogP contribution in [0.3, 0.4) is 0 Å². The van der Waals surface area contributed by atoms with Gasteiger partial charge in [-0.1, -0.05) is 34.8 Å². The Bertz CT molecular complexity index is 2760. The van der Waals surface area contributed by atoms with Gasteiger partial charge in [-0.05, 0) is 101 Å². The van der Waals surface area contributed by atoms with Crippen molar-refractivity contribution in [1.82, 2.24) is 61.0 Å². The first kappa shape index (κ1) is 40.3. The molecule has 18 heteroatoms. The van der Waals surface area contributed by atoms with Gasteiger partial charge in [0.1, 0.15) is 11.5 Å². The van der Waals surface area contributed by atoms with Crippen LogP contribution < -0.4 is 15.1 Å². The van der Waals surface area contributed by atoms with Gasteiger partial charge >= 0.3 is 0 Å². The largest absolute Gasteiger partial charge is 0.507 e. The average Bonchev–Trinajstić information content (AvgIpc) is 4.12. The van der Waals surface area contributed by atoms with Crippen molar-refractivity contribution in [3.8, 4) is 56.3 Å². The molecule has 0 radical (unpaired) electrons. The minimum absolute atomic E-state index is 0.160. The van der Waals surface area contributed by atoms with E-state index in [1.54, 1.807) is 59.6 Å². The Morgan fingerprint density at radius 1 is 0.672 bits per heavy atom. The topological polar surface area (TPSA) is 197 Å². The number of H-pyrrole nitrogens is 2. The van der Waals surface area contributed by atoms with Gasteiger partial charge in [-0.3, -0.25) is 10.2 Å². The molecule has 10 rings (SSSR count). The molecule has 314 valence electrons. The second-order valence-corrected chi connectivity index (χ2v) is 18.0. The number of likely N-dealkylation sites (tertiary alicyclic amines) is 1. The lowest BCUT2D eigenvalue weighted by Gasteiger charge is -2.39. The standard InChI is InChI=1S/C22H25N7OS.C21H23N7OS/c1-13-8-16(6-7-28(13)2)29(3)22-25-21-20(31-22)10-18(26-27-21)17-5-4-14(9-19(17)30)15-11-23-24-12-15;1-12-7-15(5-6-22-12)28(2)21-25-20-19(30-21)9-17(26-27-20)16-4-3-13(8-18(16)29)14-10-23-24-11-14/h4-5,9-13,16,30H,6-8H2,1-3H3,(H,23,24);3-4,8-12,15,22,29H,5-7H2,1-2H3,(H,23,24)/t13-,16-;12-,15-/m00/s1. The zero-order valence-electron chi connectivity index (χ0n) is 34.6. The highest BCUT2D eigenvalue weighted by atomic mass is 32.1. The molecule has 2 saturated heterocycles. The molecule has 0 unspecified atom stereocenters. The minimum atomic E-state index is 0.160. The van der Waals surface area contributed by atoms with Gasteiger partial charge < -0.3 is 30.2 Å². The fraction of sp³-hybridized carbons (Fsp3) is 0.349. The second kappa shape index (κ2) is 17.1. The van der Waals surface area contributed by atoms with Gasteiger partial charge in [-0.2, -0.15) is 20.2 Å². The first-order valence-corrected chi connectivity index (χ1v) is 22.0. The van der Waals surface area contributed by atoms with Gasteiger partial charge in [-0.15, -0.1) is 20.4 Å². The Morgan fingerprint density at radius 2 is 1.20 bits per heavy atom. The number of aromatic amines is 2. The van der Waals surface area contributed by atoms with Crippen molar-refractivity contribution in [3.63, 3.8) is 0 Å². The monoisotopic (exact) mass is 856 g/mol. The molecule has 2 aromatic carbocycles. The Balaban J connectivity index is 0.000000156. The molecule has 0 spiro atoms. The zero-order valence-corrected chi connectivity index (χ0v) is 36.2. The number of nitrogens with one attached hydrogen (secondary N) is 3. The summed E-state index contributed by atoms with van der Waals surface area (Å²) < 4.78 is 1.92. The molecule has 4 atom stereocenters. The minimum Gasteiger partial charge on any atom is -0.507 e. The first-order chi connectivity index (χ1) is 29.6. The maximum Gasteiger partial charge on any atom is 0.194 e. The number of aromatic hydroxyl groups is 2. The summed E-state index contributed by atoms with van der Waals surface area (Å²) in [6.45, 7) is 6.62. The van der Waals surface area contributed by atoms with E-state index in [4.69, 9.17) is 9.97 Å². The summed E-state index contributed by atoms with van der Waals surface area (Å²) in [6, 6.07) is 17.0. The van der Waals surface area contributed by atoms with Gasteiger partial charge in [0.25, 0.3) is 0 Å². The molecular formula is C43H48N14O2S2. The van der Waals surface area contributed by atoms with Crippen LogP contribution in [0.25, 0.3) is 65.5 Å². The molecule has 16 nitrogen and oxygen atoms in total. The summed E-state index contributed by atoms with van der Waals surface area (Å²) in [5, 5.41) is 57.4. The number of hydrogen-bond acceptors (Lipinski definition) is 16. The normalized spacial score (nSPS) is 19.5. The van der Waals surface area contributed by atoms with Crippen LogP contribution in [-0.2, 0) is 0 Å². The van der Waals surface area contributed by atoms with Crippen LogP contribution in [0.5, 0.6) is 11.5 Å². The van der Waals surface area contributed by atoms with Crippen LogP contribution in [0, 0.1) is 0 Å². The van der Waals surface area contributed by atoms with E-state index in [1.165, 1.54) is 0 Å². The molecule has 5 N–H and O–H groups in total. The molecular weight excluding hydrogens is 809 g/mol. The number of fused-ring (bicyclic) bond motifs is 2. The van der Waals surface area contributed by atoms with E-state index in [2.05, 4.69) is 95.8 Å². The van der Waals surface area contributed by atoms with Crippen molar-refractivity contribution >= 4 is 53.6 Å². The molecule has 8 heterocycles. The van der Waals surface area contributed by atoms with Crippen molar-refractivity contribution in [2.24, 2.45) is 0 Å². The highest BCUT2D eigenvalue weighted by Crippen LogP contribution is 2.38. The summed E-state index contributed by atoms with van der Waals surface area (Å²) in [6.07, 6.45) is 11.5. The molecule has 2 aliphatic heterocycles. The number of piperidine rings is 2. The summed E-state index contributed by atoms with van der Waals surface area (Å²) in [4.78, 5) is 16.4. The van der Waals surface area contributed by atoms with Crippen molar-refractivity contribution < 1.29 is 10.2 Å². The number of rotatable bonds is 8. The van der Waals surface area contributed by atoms with E-state index < -0.39 is 0 Å². The van der Waals surface area contributed by atoms with Gasteiger partial charge in [-0.25, -0.2) is 0 Å². The van der Waals surface area contributed by atoms with Crippen LogP contribution in [0.15, 0.2) is 73.3 Å². The molecule has 0 saturated carbocycles. The van der Waals surface area contributed by atoms with Crippen LogP contribution in [-0.4, -0.2) is 124 Å². The van der Waals surface area contributed by atoms with Crippen LogP contribution in [0.4, 0.5) is 10.3 Å². The van der Waals surface area contributed by atoms with Gasteiger partial charge in [0.15, 0.2) is 21.6 Å². The number of aromatic nitrogens is 10. The van der Waals surface area contributed by atoms with Crippen molar-refractivity contribution in [1.29, 1.82) is 0 Å². The van der Waals surface area contributed by atoms with E-state index >= 15 is 0 Å².